The van der Waals surface area contributed by atoms with Crippen LogP contribution in [0, 0.1) is 5.92 Å². The van der Waals surface area contributed by atoms with Crippen LogP contribution in [0.3, 0.4) is 0 Å². The van der Waals surface area contributed by atoms with Crippen LogP contribution in [0.2, 0.25) is 0 Å². The van der Waals surface area contributed by atoms with E-state index in [0.717, 1.165) is 5.57 Å². The maximum Gasteiger partial charge on any atom is 0.346 e. The van der Waals surface area contributed by atoms with Crippen molar-refractivity contribution >= 4 is 5.97 Å². The summed E-state index contributed by atoms with van der Waals surface area (Å²) in [5.74, 6) is 0.655. The first-order valence-corrected chi connectivity index (χ1v) is 6.07. The second kappa shape index (κ2) is 6.83. The monoisotopic (exact) mass is 264 g/mol. The molecule has 1 aromatic rings. The summed E-state index contributed by atoms with van der Waals surface area (Å²) in [6, 6.07) is 5.13. The molecule has 0 atom stereocenters. The van der Waals surface area contributed by atoms with Crippen LogP contribution in [0.25, 0.3) is 0 Å². The van der Waals surface area contributed by atoms with E-state index in [0.29, 0.717) is 17.1 Å². The smallest absolute Gasteiger partial charge is 0.346 e. The summed E-state index contributed by atoms with van der Waals surface area (Å²) >= 11 is 0. The van der Waals surface area contributed by atoms with Crippen LogP contribution in [0.15, 0.2) is 30.4 Å². The van der Waals surface area contributed by atoms with Crippen molar-refractivity contribution in [3.63, 3.8) is 0 Å². The molecule has 4 heteroatoms. The largest absolute Gasteiger partial charge is 0.496 e. The lowest BCUT2D eigenvalue weighted by Gasteiger charge is -2.14. The molecule has 0 amide bonds. The SMILES string of the molecule is C=C(COC(=O)c1c(OC)cccc1OC)C(C)C. The standard InChI is InChI=1S/C15H20O4/c1-10(2)11(3)9-19-15(16)14-12(17-4)7-6-8-13(14)18-5/h6-8,10H,3,9H2,1-2,4-5H3. The van der Waals surface area contributed by atoms with Crippen molar-refractivity contribution < 1.29 is 19.0 Å². The van der Waals surface area contributed by atoms with Gasteiger partial charge in [0.05, 0.1) is 14.2 Å². The van der Waals surface area contributed by atoms with E-state index in [1.165, 1.54) is 14.2 Å². The minimum atomic E-state index is -0.476. The van der Waals surface area contributed by atoms with Crippen LogP contribution >= 0.6 is 0 Å². The average Bonchev–Trinajstić information content (AvgIpc) is 2.42. The average molecular weight is 264 g/mol. The Morgan fingerprint density at radius 3 is 2.16 bits per heavy atom. The fraction of sp³-hybridized carbons (Fsp3) is 0.400. The van der Waals surface area contributed by atoms with E-state index < -0.39 is 5.97 Å². The van der Waals surface area contributed by atoms with E-state index in [4.69, 9.17) is 14.2 Å². The van der Waals surface area contributed by atoms with Gasteiger partial charge in [0.25, 0.3) is 0 Å². The number of benzene rings is 1. The molecular formula is C15H20O4. The molecule has 0 heterocycles. The summed E-state index contributed by atoms with van der Waals surface area (Å²) in [7, 11) is 3.00. The van der Waals surface area contributed by atoms with Gasteiger partial charge in [0.15, 0.2) is 0 Å². The van der Waals surface area contributed by atoms with E-state index >= 15 is 0 Å². The van der Waals surface area contributed by atoms with Gasteiger partial charge >= 0.3 is 5.97 Å². The second-order valence-electron chi connectivity index (χ2n) is 4.43. The summed E-state index contributed by atoms with van der Waals surface area (Å²) in [5, 5.41) is 0. The molecule has 0 aliphatic rings. The van der Waals surface area contributed by atoms with Gasteiger partial charge in [-0.25, -0.2) is 4.79 Å². The molecule has 0 saturated heterocycles. The fourth-order valence-electron chi connectivity index (χ4n) is 1.45. The Bertz CT molecular complexity index is 441. The lowest BCUT2D eigenvalue weighted by Crippen LogP contribution is -2.12. The van der Waals surface area contributed by atoms with E-state index in [9.17, 15) is 4.79 Å². The molecule has 0 radical (unpaired) electrons. The highest BCUT2D eigenvalue weighted by atomic mass is 16.5. The number of hydrogen-bond acceptors (Lipinski definition) is 4. The van der Waals surface area contributed by atoms with Gasteiger partial charge in [0, 0.05) is 0 Å². The van der Waals surface area contributed by atoms with Gasteiger partial charge in [0.1, 0.15) is 23.7 Å². The van der Waals surface area contributed by atoms with Gasteiger partial charge in [-0.1, -0.05) is 26.5 Å². The van der Waals surface area contributed by atoms with Crippen molar-refractivity contribution in [2.75, 3.05) is 20.8 Å². The zero-order valence-electron chi connectivity index (χ0n) is 11.9. The van der Waals surface area contributed by atoms with Crippen molar-refractivity contribution in [3.05, 3.63) is 35.9 Å². The Labute approximate surface area is 114 Å². The van der Waals surface area contributed by atoms with Crippen LogP contribution in [0.4, 0.5) is 0 Å². The van der Waals surface area contributed by atoms with Crippen LogP contribution in [0.1, 0.15) is 24.2 Å². The lowest BCUT2D eigenvalue weighted by atomic mass is 10.1. The minimum absolute atomic E-state index is 0.192. The quantitative estimate of drug-likeness (QED) is 0.585. The predicted molar refractivity (Wildman–Crippen MR) is 73.8 cm³/mol. The summed E-state index contributed by atoms with van der Waals surface area (Å²) in [4.78, 5) is 12.1. The van der Waals surface area contributed by atoms with E-state index in [1.54, 1.807) is 18.2 Å². The summed E-state index contributed by atoms with van der Waals surface area (Å²) < 4.78 is 15.6. The fourth-order valence-corrected chi connectivity index (χ4v) is 1.45. The zero-order valence-corrected chi connectivity index (χ0v) is 11.9. The Kier molecular flexibility index (Phi) is 5.42. The van der Waals surface area contributed by atoms with Crippen molar-refractivity contribution in [1.29, 1.82) is 0 Å². The van der Waals surface area contributed by atoms with E-state index in [1.807, 2.05) is 13.8 Å². The third-order valence-corrected chi connectivity index (χ3v) is 2.84. The molecule has 0 spiro atoms. The van der Waals surface area contributed by atoms with Gasteiger partial charge in [0.2, 0.25) is 0 Å². The van der Waals surface area contributed by atoms with E-state index in [-0.39, 0.29) is 12.5 Å². The number of carbonyl (C=O) groups is 1. The molecule has 0 aromatic heterocycles. The first-order valence-electron chi connectivity index (χ1n) is 6.07. The maximum absolute atomic E-state index is 12.1. The molecule has 19 heavy (non-hydrogen) atoms. The first-order chi connectivity index (χ1) is 9.01. The normalized spacial score (nSPS) is 10.2. The molecule has 1 aromatic carbocycles. The van der Waals surface area contributed by atoms with Gasteiger partial charge < -0.3 is 14.2 Å². The molecular weight excluding hydrogens is 244 g/mol. The highest BCUT2D eigenvalue weighted by Crippen LogP contribution is 2.29. The minimum Gasteiger partial charge on any atom is -0.496 e. The lowest BCUT2D eigenvalue weighted by molar-refractivity contribution is 0.0526. The third-order valence-electron chi connectivity index (χ3n) is 2.84. The molecule has 0 fully saturated rings. The number of carbonyl (C=O) groups excluding carboxylic acids is 1. The van der Waals surface area contributed by atoms with Crippen LogP contribution in [-0.4, -0.2) is 26.8 Å². The van der Waals surface area contributed by atoms with Gasteiger partial charge in [-0.3, -0.25) is 0 Å². The molecule has 1 rings (SSSR count). The number of hydrogen-bond donors (Lipinski definition) is 0. The van der Waals surface area contributed by atoms with Gasteiger partial charge in [-0.2, -0.15) is 0 Å². The molecule has 0 aliphatic heterocycles. The molecule has 104 valence electrons. The third kappa shape index (κ3) is 3.74. The van der Waals surface area contributed by atoms with Gasteiger partial charge in [-0.05, 0) is 23.6 Å². The Balaban J connectivity index is 2.90. The Morgan fingerprint density at radius 1 is 1.21 bits per heavy atom. The first kappa shape index (κ1) is 15.1. The van der Waals surface area contributed by atoms with Crippen LogP contribution in [0.5, 0.6) is 11.5 Å². The highest BCUT2D eigenvalue weighted by molar-refractivity contribution is 5.95. The van der Waals surface area contributed by atoms with Crippen molar-refractivity contribution in [3.8, 4) is 11.5 Å². The molecule has 0 bridgehead atoms. The van der Waals surface area contributed by atoms with Crippen LogP contribution < -0.4 is 9.47 Å². The highest BCUT2D eigenvalue weighted by Gasteiger charge is 2.20. The molecule has 0 aliphatic carbocycles. The number of methoxy groups -OCH3 is 2. The molecule has 0 N–H and O–H groups in total. The van der Waals surface area contributed by atoms with Crippen molar-refractivity contribution in [2.45, 2.75) is 13.8 Å². The number of rotatable bonds is 6. The molecule has 0 saturated carbocycles. The summed E-state index contributed by atoms with van der Waals surface area (Å²) in [5.41, 5.74) is 1.16. The Hall–Kier alpha value is -1.97. The number of ether oxygens (including phenoxy) is 3. The summed E-state index contributed by atoms with van der Waals surface area (Å²) in [6.07, 6.45) is 0. The zero-order chi connectivity index (χ0) is 14.4. The molecule has 4 nitrogen and oxygen atoms in total. The van der Waals surface area contributed by atoms with Crippen molar-refractivity contribution in [1.82, 2.24) is 0 Å². The van der Waals surface area contributed by atoms with E-state index in [2.05, 4.69) is 6.58 Å². The summed E-state index contributed by atoms with van der Waals surface area (Å²) in [6.45, 7) is 8.06. The molecule has 0 unspecified atom stereocenters. The van der Waals surface area contributed by atoms with Crippen molar-refractivity contribution in [2.24, 2.45) is 5.92 Å². The second-order valence-corrected chi connectivity index (χ2v) is 4.43. The van der Waals surface area contributed by atoms with Crippen LogP contribution in [-0.2, 0) is 4.74 Å². The topological polar surface area (TPSA) is 44.8 Å². The Morgan fingerprint density at radius 2 is 1.74 bits per heavy atom. The predicted octanol–water partition coefficient (Wildman–Crippen LogP) is 3.07. The van der Waals surface area contributed by atoms with Gasteiger partial charge in [-0.15, -0.1) is 0 Å². The maximum atomic E-state index is 12.1. The number of esters is 1.